The summed E-state index contributed by atoms with van der Waals surface area (Å²) in [5.41, 5.74) is 14.5. The molecule has 412 valence electrons. The van der Waals surface area contributed by atoms with E-state index in [0.717, 1.165) is 104 Å². The number of nitrogens with two attached hydrogens (primary N) is 1. The van der Waals surface area contributed by atoms with Gasteiger partial charge in [-0.1, -0.05) is 57.2 Å². The van der Waals surface area contributed by atoms with Gasteiger partial charge >= 0.3 is 0 Å². The Kier molecular flexibility index (Phi) is 15.6. The number of aromatic hydroxyl groups is 1. The minimum absolute atomic E-state index is 0.0620. The highest BCUT2D eigenvalue weighted by atomic mass is 32.1. The number of phenols is 1. The smallest absolute Gasteiger partial charge is 0.254 e. The Morgan fingerprint density at radius 3 is 2.44 bits per heavy atom. The van der Waals surface area contributed by atoms with Crippen LogP contribution in [0.25, 0.3) is 21.7 Å². The summed E-state index contributed by atoms with van der Waals surface area (Å²) in [7, 11) is 0. The van der Waals surface area contributed by atoms with Crippen molar-refractivity contribution in [3.8, 4) is 39.2 Å². The van der Waals surface area contributed by atoms with Gasteiger partial charge in [-0.3, -0.25) is 9.59 Å². The number of thiazole rings is 1. The number of benzene rings is 2. The topological polar surface area (TPSA) is 222 Å². The zero-order valence-corrected chi connectivity index (χ0v) is 46.1. The number of piperazine rings is 1. The van der Waals surface area contributed by atoms with Crippen LogP contribution in [0.15, 0.2) is 89.0 Å². The van der Waals surface area contributed by atoms with Crippen molar-refractivity contribution < 1.29 is 33.8 Å². The van der Waals surface area contributed by atoms with Crippen molar-refractivity contribution in [2.75, 3.05) is 61.4 Å². The van der Waals surface area contributed by atoms with Crippen LogP contribution in [0.2, 0.25) is 0 Å². The predicted octanol–water partition coefficient (Wildman–Crippen LogP) is 8.27. The number of ether oxygens (including phenoxy) is 2. The molecule has 1 saturated carbocycles. The molecular weight excluding hydrogens is 1010 g/mol. The van der Waals surface area contributed by atoms with Gasteiger partial charge in [-0.2, -0.15) is 0 Å². The molecule has 18 nitrogen and oxygen atoms in total. The van der Waals surface area contributed by atoms with Crippen LogP contribution < -0.4 is 30.3 Å². The van der Waals surface area contributed by atoms with E-state index in [1.54, 1.807) is 29.5 Å². The molecule has 19 heteroatoms. The highest BCUT2D eigenvalue weighted by molar-refractivity contribution is 7.13. The summed E-state index contributed by atoms with van der Waals surface area (Å²) in [6, 6.07) is 22.6. The molecule has 1 unspecified atom stereocenters. The first-order valence-corrected chi connectivity index (χ1v) is 28.8. The molecule has 2 bridgehead atoms. The summed E-state index contributed by atoms with van der Waals surface area (Å²) >= 11 is 1.60. The van der Waals surface area contributed by atoms with Gasteiger partial charge in [-0.05, 0) is 123 Å². The number of likely N-dealkylation sites (tertiary alicyclic amines) is 2. The molecule has 6 aromatic rings. The number of para-hydroxylation sites is 1. The summed E-state index contributed by atoms with van der Waals surface area (Å²) in [5.74, 6) is 2.13. The number of nitrogen functional groups attached to an aromatic ring is 1. The third kappa shape index (κ3) is 11.4. The number of aliphatic hydroxyl groups is 1. The Labute approximate surface area is 460 Å². The van der Waals surface area contributed by atoms with Crippen LogP contribution >= 0.6 is 11.3 Å². The van der Waals surface area contributed by atoms with E-state index >= 15 is 0 Å². The lowest BCUT2D eigenvalue weighted by molar-refractivity contribution is -0.141. The number of rotatable bonds is 18. The van der Waals surface area contributed by atoms with Crippen molar-refractivity contribution in [3.05, 3.63) is 102 Å². The molecule has 2 amide bonds. The maximum atomic E-state index is 14.3. The Hall–Kier alpha value is -6.83. The lowest BCUT2D eigenvalue weighted by Gasteiger charge is -2.44. The van der Waals surface area contributed by atoms with Crippen LogP contribution in [0.1, 0.15) is 102 Å². The lowest BCUT2D eigenvalue weighted by atomic mass is 9.80. The number of hydrogen-bond acceptors (Lipinski definition) is 17. The molecule has 11 rings (SSSR count). The molecule has 4 saturated heterocycles. The maximum Gasteiger partial charge on any atom is 0.254 e. The Morgan fingerprint density at radius 2 is 1.71 bits per heavy atom. The fourth-order valence-electron chi connectivity index (χ4n) is 12.9. The molecule has 4 aromatic heterocycles. The standard InChI is InChI=1S/C59H73N11O7S/c1-34(2)55(59(74)69-32-45(71)25-50(69)58(73)63-36(4)40-10-12-41(13-11-40)56-37(5)62-33-78-56)52-27-54(66-77-52)75-21-18-39-17-20-67(28-35(39)3)29-38-22-46(23-38)76-53-24-42(16-19-61-53)70-43-14-15-44(70)31-68(30-43)49-26-48(64-65-57(49)60)47-8-6-7-9-51(47)72/h6-13,16,19,24,26-27,33-36,38-39,43-46,50,55,71-72H,14-15,17-18,20-23,25,28-32H2,1-5H3,(H2,60,65)(H,63,73)/t35-,36-,38?,39-,43+,44?,45+,46?,50-,55+/m0/s1. The minimum Gasteiger partial charge on any atom is -0.507 e. The number of fused-ring (bicyclic) bond motifs is 2. The van der Waals surface area contributed by atoms with Gasteiger partial charge in [-0.15, -0.1) is 21.5 Å². The number of carbonyl (C=O) groups excluding carboxylic acids is 2. The molecule has 5 aliphatic rings. The van der Waals surface area contributed by atoms with Crippen LogP contribution in [-0.2, 0) is 9.59 Å². The number of hydrogen-bond donors (Lipinski definition) is 4. The van der Waals surface area contributed by atoms with Gasteiger partial charge in [0.1, 0.15) is 23.8 Å². The van der Waals surface area contributed by atoms with Crippen molar-refractivity contribution in [2.45, 2.75) is 122 Å². The number of amides is 2. The second kappa shape index (κ2) is 22.9. The molecule has 5 fully saturated rings. The van der Waals surface area contributed by atoms with Crippen molar-refractivity contribution in [3.63, 3.8) is 0 Å². The van der Waals surface area contributed by atoms with Crippen molar-refractivity contribution in [2.24, 2.45) is 23.7 Å². The van der Waals surface area contributed by atoms with Crippen LogP contribution in [-0.4, -0.2) is 133 Å². The van der Waals surface area contributed by atoms with Gasteiger partial charge in [0.05, 0.1) is 46.2 Å². The number of pyridine rings is 1. The zero-order chi connectivity index (χ0) is 54.2. The number of phenolic OH excluding ortho intramolecular Hbond substituents is 1. The molecule has 8 atom stereocenters. The quantitative estimate of drug-likeness (QED) is 0.0636. The van der Waals surface area contributed by atoms with E-state index in [1.165, 1.54) is 4.90 Å². The molecule has 8 heterocycles. The predicted molar refractivity (Wildman–Crippen MR) is 299 cm³/mol. The lowest BCUT2D eigenvalue weighted by Crippen LogP contribution is -2.54. The van der Waals surface area contributed by atoms with E-state index in [4.69, 9.17) is 19.7 Å². The first kappa shape index (κ1) is 53.2. The van der Waals surface area contributed by atoms with Gasteiger partial charge in [0, 0.05) is 80.8 Å². The number of aliphatic hydroxyl groups excluding tert-OH is 1. The summed E-state index contributed by atoms with van der Waals surface area (Å²) in [6.45, 7) is 15.5. The van der Waals surface area contributed by atoms with Gasteiger partial charge in [-0.25, -0.2) is 9.97 Å². The van der Waals surface area contributed by atoms with Crippen molar-refractivity contribution >= 4 is 40.3 Å². The third-order valence-corrected chi connectivity index (χ3v) is 18.1. The highest BCUT2D eigenvalue weighted by Gasteiger charge is 2.45. The molecule has 4 aliphatic heterocycles. The van der Waals surface area contributed by atoms with Gasteiger partial charge in [0.25, 0.3) is 5.88 Å². The number of piperidine rings is 1. The summed E-state index contributed by atoms with van der Waals surface area (Å²) in [6.07, 6.45) is 7.55. The van der Waals surface area contributed by atoms with E-state index in [2.05, 4.69) is 64.4 Å². The first-order chi connectivity index (χ1) is 37.7. The fraction of sp³-hybridized carbons (Fsp3) is 0.508. The van der Waals surface area contributed by atoms with E-state index < -0.39 is 18.1 Å². The number of aromatic nitrogens is 5. The van der Waals surface area contributed by atoms with Crippen molar-refractivity contribution in [1.82, 2.24) is 40.4 Å². The first-order valence-electron chi connectivity index (χ1n) is 27.9. The van der Waals surface area contributed by atoms with Crippen molar-refractivity contribution in [1.29, 1.82) is 0 Å². The molecule has 0 spiro atoms. The summed E-state index contributed by atoms with van der Waals surface area (Å²) < 4.78 is 18.4. The largest absolute Gasteiger partial charge is 0.507 e. The monoisotopic (exact) mass is 1080 g/mol. The molecular formula is C59H73N11O7S. The minimum atomic E-state index is -0.821. The number of aryl methyl sites for hydroxylation is 1. The van der Waals surface area contributed by atoms with Crippen LogP contribution in [0.5, 0.6) is 17.5 Å². The maximum absolute atomic E-state index is 14.3. The number of nitrogens with zero attached hydrogens (tertiary/aromatic N) is 9. The Balaban J connectivity index is 0.610. The van der Waals surface area contributed by atoms with Gasteiger partial charge in [0.2, 0.25) is 17.7 Å². The van der Waals surface area contributed by atoms with Crippen LogP contribution in [0.3, 0.4) is 0 Å². The zero-order valence-electron chi connectivity index (χ0n) is 45.3. The SMILES string of the molecule is Cc1ncsc1-c1ccc([C@H](C)NC(=O)[C@@H]2C[C@@H](O)CN2C(=O)[C@@H](c2cc(OCC[C@@H]3CCN(CC4CC(Oc5cc(N6C7CC[C@@H]6CN(c6cc(-c8ccccc8O)nnc6N)C7)ccn5)C4)C[C@@H]3C)no2)C(C)C)cc1. The molecule has 0 radical (unpaired) electrons. The Morgan fingerprint density at radius 1 is 0.923 bits per heavy atom. The number of anilines is 3. The van der Waals surface area contributed by atoms with Gasteiger partial charge < -0.3 is 54.9 Å². The Bertz CT molecular complexity index is 3040. The number of β-amino-alcohol motifs (C(OH)–C–C–N with tert-alkyl or cyclic N) is 1. The van der Waals surface area contributed by atoms with E-state index in [1.807, 2.05) is 81.9 Å². The second-order valence-corrected chi connectivity index (χ2v) is 23.7. The van der Waals surface area contributed by atoms with E-state index in [0.29, 0.717) is 71.0 Å². The van der Waals surface area contributed by atoms with Gasteiger partial charge in [0.15, 0.2) is 11.6 Å². The number of nitrogens with one attached hydrogen (secondary N) is 1. The van der Waals surface area contributed by atoms with Crippen LogP contribution in [0, 0.1) is 30.6 Å². The molecule has 2 aromatic carbocycles. The average Bonchev–Trinajstić information content (AvgIpc) is 4.31. The number of carbonyl (C=O) groups is 2. The van der Waals surface area contributed by atoms with E-state index in [-0.39, 0.29) is 48.6 Å². The summed E-state index contributed by atoms with van der Waals surface area (Å²) in [4.78, 5) is 47.2. The highest BCUT2D eigenvalue weighted by Crippen LogP contribution is 2.41. The normalized spacial score (nSPS) is 25.0. The third-order valence-electron chi connectivity index (χ3n) is 17.1. The fourth-order valence-corrected chi connectivity index (χ4v) is 13.7. The van der Waals surface area contributed by atoms with E-state index in [9.17, 15) is 19.8 Å². The second-order valence-electron chi connectivity index (χ2n) is 22.9. The van der Waals surface area contributed by atoms with Crippen LogP contribution in [0.4, 0.5) is 17.2 Å². The summed E-state index contributed by atoms with van der Waals surface area (Å²) in [5, 5.41) is 37.1. The molecule has 5 N–H and O–H groups in total. The molecule has 1 aliphatic carbocycles. The average molecular weight is 1080 g/mol. The molecule has 78 heavy (non-hydrogen) atoms.